The first-order valence-electron chi connectivity index (χ1n) is 7.44. The van der Waals surface area contributed by atoms with Gasteiger partial charge in [0.2, 0.25) is 5.91 Å². The van der Waals surface area contributed by atoms with Gasteiger partial charge in [0.1, 0.15) is 5.75 Å². The number of hydrogen-bond donors (Lipinski definition) is 2. The molecule has 110 valence electrons. The number of carbonyl (C=O) groups is 1. The molecular weight excluding hydrogens is 252 g/mol. The van der Waals surface area contributed by atoms with Crippen LogP contribution < -0.4 is 5.32 Å². The van der Waals surface area contributed by atoms with E-state index in [4.69, 9.17) is 0 Å². The van der Waals surface area contributed by atoms with Gasteiger partial charge >= 0.3 is 0 Å². The van der Waals surface area contributed by atoms with Crippen LogP contribution in [0.5, 0.6) is 5.75 Å². The van der Waals surface area contributed by atoms with Gasteiger partial charge in [0.05, 0.1) is 6.04 Å². The molecule has 0 aromatic heterocycles. The minimum absolute atomic E-state index is 0.142. The van der Waals surface area contributed by atoms with Gasteiger partial charge in [-0.2, -0.15) is 0 Å². The van der Waals surface area contributed by atoms with Crippen molar-refractivity contribution in [3.8, 4) is 5.75 Å². The van der Waals surface area contributed by atoms with E-state index in [1.807, 2.05) is 37.8 Å². The highest BCUT2D eigenvalue weighted by Gasteiger charge is 2.28. The van der Waals surface area contributed by atoms with Crippen LogP contribution in [0.3, 0.4) is 0 Å². The van der Waals surface area contributed by atoms with Crippen LogP contribution in [0.1, 0.15) is 44.4 Å². The van der Waals surface area contributed by atoms with E-state index >= 15 is 0 Å². The Bertz CT molecular complexity index is 483. The van der Waals surface area contributed by atoms with Crippen molar-refractivity contribution in [2.45, 2.75) is 45.7 Å². The lowest BCUT2D eigenvalue weighted by molar-refractivity contribution is -0.132. The lowest BCUT2D eigenvalue weighted by Gasteiger charge is -2.26. The number of likely N-dealkylation sites (N-methyl/N-ethyl adjacent to an activating group) is 1. The van der Waals surface area contributed by atoms with Crippen LogP contribution in [0.2, 0.25) is 0 Å². The Kier molecular flexibility index (Phi) is 4.65. The normalized spacial score (nSPS) is 18.6. The summed E-state index contributed by atoms with van der Waals surface area (Å²) in [5, 5.41) is 13.3. The number of nitrogens with one attached hydrogen (secondary N) is 1. The zero-order chi connectivity index (χ0) is 14.7. The number of benzene rings is 1. The van der Waals surface area contributed by atoms with Gasteiger partial charge in [0, 0.05) is 19.1 Å². The zero-order valence-corrected chi connectivity index (χ0v) is 12.5. The van der Waals surface area contributed by atoms with E-state index in [1.54, 1.807) is 6.07 Å². The van der Waals surface area contributed by atoms with Crippen molar-refractivity contribution in [3.05, 3.63) is 29.3 Å². The molecule has 20 heavy (non-hydrogen) atoms. The molecule has 4 nitrogen and oxygen atoms in total. The van der Waals surface area contributed by atoms with E-state index in [1.165, 1.54) is 0 Å². The lowest BCUT2D eigenvalue weighted by atomic mass is 10.1. The Morgan fingerprint density at radius 1 is 1.45 bits per heavy atom. The van der Waals surface area contributed by atoms with Crippen molar-refractivity contribution in [1.82, 2.24) is 10.2 Å². The summed E-state index contributed by atoms with van der Waals surface area (Å²) in [6.07, 6.45) is 1.80. The number of phenolic OH excluding ortho intramolecular Hbond substituents is 1. The highest BCUT2D eigenvalue weighted by atomic mass is 16.3. The predicted octanol–water partition coefficient (Wildman–Crippen LogP) is 2.23. The van der Waals surface area contributed by atoms with E-state index < -0.39 is 0 Å². The minimum Gasteiger partial charge on any atom is -0.508 e. The highest BCUT2D eigenvalue weighted by Crippen LogP contribution is 2.36. The van der Waals surface area contributed by atoms with Crippen LogP contribution in [-0.2, 0) is 11.2 Å². The Morgan fingerprint density at radius 3 is 2.80 bits per heavy atom. The van der Waals surface area contributed by atoms with Crippen LogP contribution in [-0.4, -0.2) is 35.0 Å². The molecule has 0 aliphatic heterocycles. The SMILES string of the molecule is CCN(CC)C(=O)C(C)NC1CCc2c(O)cccc21. The van der Waals surface area contributed by atoms with Crippen molar-refractivity contribution in [3.63, 3.8) is 0 Å². The number of fused-ring (bicyclic) bond motifs is 1. The number of nitrogens with zero attached hydrogens (tertiary/aromatic N) is 1. The molecule has 4 heteroatoms. The number of carbonyl (C=O) groups excluding carboxylic acids is 1. The van der Waals surface area contributed by atoms with E-state index in [0.29, 0.717) is 5.75 Å². The zero-order valence-electron chi connectivity index (χ0n) is 12.5. The third-order valence-electron chi connectivity index (χ3n) is 4.14. The van der Waals surface area contributed by atoms with Crippen LogP contribution in [0, 0.1) is 0 Å². The molecule has 2 rings (SSSR count). The first-order chi connectivity index (χ1) is 9.58. The second-order valence-electron chi connectivity index (χ2n) is 5.34. The highest BCUT2D eigenvalue weighted by molar-refractivity contribution is 5.81. The molecule has 2 N–H and O–H groups in total. The maximum atomic E-state index is 12.3. The van der Waals surface area contributed by atoms with Crippen molar-refractivity contribution >= 4 is 5.91 Å². The average molecular weight is 276 g/mol. The number of amides is 1. The van der Waals surface area contributed by atoms with Gasteiger partial charge in [-0.05, 0) is 50.8 Å². The first kappa shape index (κ1) is 14.9. The van der Waals surface area contributed by atoms with Gasteiger partial charge in [0.15, 0.2) is 0 Å². The fraction of sp³-hybridized carbons (Fsp3) is 0.562. The summed E-state index contributed by atoms with van der Waals surface area (Å²) in [6.45, 7) is 7.39. The Morgan fingerprint density at radius 2 is 2.15 bits per heavy atom. The topological polar surface area (TPSA) is 52.6 Å². The van der Waals surface area contributed by atoms with E-state index in [9.17, 15) is 9.90 Å². The summed E-state index contributed by atoms with van der Waals surface area (Å²) in [7, 11) is 0. The van der Waals surface area contributed by atoms with Gasteiger partial charge in [-0.25, -0.2) is 0 Å². The molecule has 2 atom stereocenters. The Hall–Kier alpha value is -1.55. The molecule has 0 saturated carbocycles. The van der Waals surface area contributed by atoms with Gasteiger partial charge in [-0.15, -0.1) is 0 Å². The summed E-state index contributed by atoms with van der Waals surface area (Å²) < 4.78 is 0. The van der Waals surface area contributed by atoms with Gasteiger partial charge < -0.3 is 10.0 Å². The fourth-order valence-electron chi connectivity index (χ4n) is 2.99. The van der Waals surface area contributed by atoms with Gasteiger partial charge in [-0.1, -0.05) is 12.1 Å². The second-order valence-corrected chi connectivity index (χ2v) is 5.34. The monoisotopic (exact) mass is 276 g/mol. The molecule has 0 fully saturated rings. The maximum Gasteiger partial charge on any atom is 0.239 e. The number of phenols is 1. The molecule has 1 aromatic carbocycles. The third-order valence-corrected chi connectivity index (χ3v) is 4.14. The molecule has 0 radical (unpaired) electrons. The molecule has 1 amide bonds. The molecule has 0 heterocycles. The molecule has 0 saturated heterocycles. The van der Waals surface area contributed by atoms with Crippen molar-refractivity contribution in [2.75, 3.05) is 13.1 Å². The van der Waals surface area contributed by atoms with Crippen LogP contribution >= 0.6 is 0 Å². The van der Waals surface area contributed by atoms with Gasteiger partial charge in [0.25, 0.3) is 0 Å². The smallest absolute Gasteiger partial charge is 0.239 e. The van der Waals surface area contributed by atoms with Crippen molar-refractivity contribution < 1.29 is 9.90 Å². The maximum absolute atomic E-state index is 12.3. The average Bonchev–Trinajstić information content (AvgIpc) is 2.84. The standard InChI is InChI=1S/C16H24N2O2/c1-4-18(5-2)16(20)11(3)17-14-10-9-13-12(14)7-6-8-15(13)19/h6-8,11,14,17,19H,4-5,9-10H2,1-3H3. The van der Waals surface area contributed by atoms with E-state index in [2.05, 4.69) is 5.32 Å². The molecule has 0 spiro atoms. The molecule has 0 bridgehead atoms. The lowest BCUT2D eigenvalue weighted by Crippen LogP contribution is -2.45. The molecular formula is C16H24N2O2. The van der Waals surface area contributed by atoms with Crippen molar-refractivity contribution in [2.24, 2.45) is 0 Å². The quantitative estimate of drug-likeness (QED) is 0.867. The van der Waals surface area contributed by atoms with E-state index in [0.717, 1.165) is 37.1 Å². The van der Waals surface area contributed by atoms with Crippen LogP contribution in [0.15, 0.2) is 18.2 Å². The number of rotatable bonds is 5. The largest absolute Gasteiger partial charge is 0.508 e. The summed E-state index contributed by atoms with van der Waals surface area (Å²) in [6, 6.07) is 5.59. The first-order valence-corrected chi connectivity index (χ1v) is 7.44. The van der Waals surface area contributed by atoms with Crippen LogP contribution in [0.4, 0.5) is 0 Å². The molecule has 2 unspecified atom stereocenters. The molecule has 1 aliphatic carbocycles. The van der Waals surface area contributed by atoms with Crippen LogP contribution in [0.25, 0.3) is 0 Å². The Balaban J connectivity index is 2.06. The molecule has 1 aromatic rings. The number of hydrogen-bond acceptors (Lipinski definition) is 3. The van der Waals surface area contributed by atoms with Crippen molar-refractivity contribution in [1.29, 1.82) is 0 Å². The predicted molar refractivity (Wildman–Crippen MR) is 79.7 cm³/mol. The van der Waals surface area contributed by atoms with E-state index in [-0.39, 0.29) is 18.0 Å². The summed E-state index contributed by atoms with van der Waals surface area (Å²) in [4.78, 5) is 14.1. The second kappa shape index (κ2) is 6.27. The summed E-state index contributed by atoms with van der Waals surface area (Å²) in [5.41, 5.74) is 2.15. The fourth-order valence-corrected chi connectivity index (χ4v) is 2.99. The van der Waals surface area contributed by atoms with Gasteiger partial charge in [-0.3, -0.25) is 10.1 Å². The summed E-state index contributed by atoms with van der Waals surface area (Å²) >= 11 is 0. The third kappa shape index (κ3) is 2.80. The molecule has 1 aliphatic rings. The summed E-state index contributed by atoms with van der Waals surface area (Å²) in [5.74, 6) is 0.512. The number of aromatic hydroxyl groups is 1. The minimum atomic E-state index is -0.201. The Labute approximate surface area is 120 Å².